The molecule has 106 valence electrons. The fraction of sp³-hybridized carbons (Fsp3) is 0.625. The van der Waals surface area contributed by atoms with E-state index in [1.54, 1.807) is 0 Å². The van der Waals surface area contributed by atoms with Crippen LogP contribution in [0.25, 0.3) is 0 Å². The second kappa shape index (κ2) is 5.93. The molecule has 0 aliphatic carbocycles. The lowest BCUT2D eigenvalue weighted by Crippen LogP contribution is -2.40. The number of nitrogens with one attached hydrogen (secondary N) is 1. The zero-order valence-corrected chi connectivity index (χ0v) is 12.1. The summed E-state index contributed by atoms with van der Waals surface area (Å²) in [5.41, 5.74) is 1.12. The van der Waals surface area contributed by atoms with E-state index in [0.717, 1.165) is 25.1 Å². The molecule has 3 nitrogen and oxygen atoms in total. The van der Waals surface area contributed by atoms with Crippen molar-refractivity contribution in [2.45, 2.75) is 45.3 Å². The van der Waals surface area contributed by atoms with Gasteiger partial charge in [-0.1, -0.05) is 25.1 Å². The Bertz CT molecular complexity index is 417. The lowest BCUT2D eigenvalue weighted by Gasteiger charge is -2.38. The maximum Gasteiger partial charge on any atom is 0.124 e. The van der Waals surface area contributed by atoms with Gasteiger partial charge < -0.3 is 15.2 Å². The van der Waals surface area contributed by atoms with Crippen LogP contribution in [0.2, 0.25) is 0 Å². The number of ether oxygens (including phenoxy) is 1. The van der Waals surface area contributed by atoms with E-state index in [1.807, 2.05) is 12.1 Å². The standard InChI is InChI=1S/C16H25NO2/c1-12(8-9-18)11-17-14-10-16(2,3)19-15-7-5-4-6-13(14)15/h4-7,12,14,17-18H,8-11H2,1-3H3. The largest absolute Gasteiger partial charge is 0.487 e. The zero-order chi connectivity index (χ0) is 13.9. The van der Waals surface area contributed by atoms with Crippen LogP contribution in [0.4, 0.5) is 0 Å². The minimum Gasteiger partial charge on any atom is -0.487 e. The van der Waals surface area contributed by atoms with Gasteiger partial charge >= 0.3 is 0 Å². The predicted molar refractivity (Wildman–Crippen MR) is 77.4 cm³/mol. The van der Waals surface area contributed by atoms with Crippen molar-refractivity contribution in [1.82, 2.24) is 5.32 Å². The molecule has 0 spiro atoms. The highest BCUT2D eigenvalue weighted by Gasteiger charge is 2.33. The van der Waals surface area contributed by atoms with Gasteiger partial charge in [0.1, 0.15) is 11.4 Å². The molecule has 1 heterocycles. The molecule has 0 fully saturated rings. The maximum atomic E-state index is 8.97. The minimum absolute atomic E-state index is 0.133. The molecule has 1 aliphatic rings. The number of para-hydroxylation sites is 1. The normalized spacial score (nSPS) is 22.4. The third kappa shape index (κ3) is 3.71. The molecule has 0 aromatic heterocycles. The molecule has 0 radical (unpaired) electrons. The van der Waals surface area contributed by atoms with Crippen molar-refractivity contribution in [2.75, 3.05) is 13.2 Å². The van der Waals surface area contributed by atoms with E-state index >= 15 is 0 Å². The van der Waals surface area contributed by atoms with Crippen molar-refractivity contribution in [3.63, 3.8) is 0 Å². The zero-order valence-electron chi connectivity index (χ0n) is 12.1. The lowest BCUT2D eigenvalue weighted by molar-refractivity contribution is 0.0651. The lowest BCUT2D eigenvalue weighted by atomic mass is 9.89. The predicted octanol–water partition coefficient (Wildman–Crippen LogP) is 2.90. The van der Waals surface area contributed by atoms with Crippen molar-refractivity contribution in [1.29, 1.82) is 0 Å². The van der Waals surface area contributed by atoms with E-state index in [1.165, 1.54) is 5.56 Å². The Labute approximate surface area is 116 Å². The average molecular weight is 263 g/mol. The molecule has 19 heavy (non-hydrogen) atoms. The molecule has 0 amide bonds. The van der Waals surface area contributed by atoms with Crippen LogP contribution in [0.1, 0.15) is 45.2 Å². The van der Waals surface area contributed by atoms with Crippen LogP contribution in [0.3, 0.4) is 0 Å². The first-order valence-corrected chi connectivity index (χ1v) is 7.14. The summed E-state index contributed by atoms with van der Waals surface area (Å²) in [4.78, 5) is 0. The third-order valence-corrected chi connectivity index (χ3v) is 3.71. The summed E-state index contributed by atoms with van der Waals surface area (Å²) in [6.07, 6.45) is 1.82. The summed E-state index contributed by atoms with van der Waals surface area (Å²) < 4.78 is 6.02. The molecular weight excluding hydrogens is 238 g/mol. The monoisotopic (exact) mass is 263 g/mol. The quantitative estimate of drug-likeness (QED) is 0.858. The Kier molecular flexibility index (Phi) is 4.48. The molecule has 3 heteroatoms. The van der Waals surface area contributed by atoms with Gasteiger partial charge in [0.05, 0.1) is 0 Å². The number of rotatable bonds is 5. The summed E-state index contributed by atoms with van der Waals surface area (Å²) in [6, 6.07) is 8.60. The smallest absolute Gasteiger partial charge is 0.124 e. The number of benzene rings is 1. The fourth-order valence-electron chi connectivity index (χ4n) is 2.65. The number of hydrogen-bond acceptors (Lipinski definition) is 3. The minimum atomic E-state index is -0.133. The summed E-state index contributed by atoms with van der Waals surface area (Å²) in [5, 5.41) is 12.6. The molecule has 2 N–H and O–H groups in total. The van der Waals surface area contributed by atoms with E-state index in [-0.39, 0.29) is 12.2 Å². The maximum absolute atomic E-state index is 8.97. The van der Waals surface area contributed by atoms with Gasteiger partial charge in [0.15, 0.2) is 0 Å². The number of fused-ring (bicyclic) bond motifs is 1. The Balaban J connectivity index is 2.07. The molecule has 0 saturated heterocycles. The van der Waals surface area contributed by atoms with Crippen LogP contribution < -0.4 is 10.1 Å². The Morgan fingerprint density at radius 3 is 2.89 bits per heavy atom. The summed E-state index contributed by atoms with van der Waals surface area (Å²) in [6.45, 7) is 7.62. The Hall–Kier alpha value is -1.06. The molecule has 1 aromatic carbocycles. The van der Waals surface area contributed by atoms with Crippen LogP contribution in [-0.2, 0) is 0 Å². The van der Waals surface area contributed by atoms with Gasteiger partial charge in [-0.15, -0.1) is 0 Å². The van der Waals surface area contributed by atoms with Crippen molar-refractivity contribution in [3.05, 3.63) is 29.8 Å². The van der Waals surface area contributed by atoms with Crippen LogP contribution in [0.5, 0.6) is 5.75 Å². The van der Waals surface area contributed by atoms with E-state index in [2.05, 4.69) is 38.2 Å². The third-order valence-electron chi connectivity index (χ3n) is 3.71. The average Bonchev–Trinajstić information content (AvgIpc) is 2.35. The van der Waals surface area contributed by atoms with Crippen LogP contribution >= 0.6 is 0 Å². The van der Waals surface area contributed by atoms with E-state index < -0.39 is 0 Å². The summed E-state index contributed by atoms with van der Waals surface area (Å²) >= 11 is 0. The first-order valence-electron chi connectivity index (χ1n) is 7.14. The highest BCUT2D eigenvalue weighted by atomic mass is 16.5. The molecule has 2 rings (SSSR count). The Morgan fingerprint density at radius 1 is 1.42 bits per heavy atom. The fourth-order valence-corrected chi connectivity index (χ4v) is 2.65. The van der Waals surface area contributed by atoms with E-state index in [4.69, 9.17) is 9.84 Å². The molecular formula is C16H25NO2. The van der Waals surface area contributed by atoms with Gasteiger partial charge in [-0.05, 0) is 38.8 Å². The van der Waals surface area contributed by atoms with Crippen LogP contribution in [-0.4, -0.2) is 23.9 Å². The van der Waals surface area contributed by atoms with Crippen molar-refractivity contribution in [2.24, 2.45) is 5.92 Å². The second-order valence-electron chi connectivity index (χ2n) is 6.18. The van der Waals surface area contributed by atoms with Crippen molar-refractivity contribution in [3.8, 4) is 5.75 Å². The van der Waals surface area contributed by atoms with E-state index in [9.17, 15) is 0 Å². The number of hydrogen-bond donors (Lipinski definition) is 2. The summed E-state index contributed by atoms with van der Waals surface area (Å²) in [5.74, 6) is 1.48. The number of aliphatic hydroxyl groups is 1. The first-order chi connectivity index (χ1) is 9.02. The molecule has 2 atom stereocenters. The van der Waals surface area contributed by atoms with Crippen molar-refractivity contribution >= 4 is 0 Å². The van der Waals surface area contributed by atoms with Crippen LogP contribution in [0, 0.1) is 5.92 Å². The highest BCUT2D eigenvalue weighted by molar-refractivity contribution is 5.38. The van der Waals surface area contributed by atoms with Gasteiger partial charge in [-0.3, -0.25) is 0 Å². The van der Waals surface area contributed by atoms with Gasteiger partial charge in [0, 0.05) is 24.6 Å². The topological polar surface area (TPSA) is 41.5 Å². The SMILES string of the molecule is CC(CCO)CNC1CC(C)(C)Oc2ccccc21. The van der Waals surface area contributed by atoms with Gasteiger partial charge in [-0.2, -0.15) is 0 Å². The second-order valence-corrected chi connectivity index (χ2v) is 6.18. The Morgan fingerprint density at radius 2 is 2.16 bits per heavy atom. The van der Waals surface area contributed by atoms with Gasteiger partial charge in [0.2, 0.25) is 0 Å². The molecule has 1 aliphatic heterocycles. The molecule has 0 saturated carbocycles. The molecule has 1 aromatic rings. The highest BCUT2D eigenvalue weighted by Crippen LogP contribution is 2.39. The first kappa shape index (κ1) is 14.4. The number of aliphatic hydroxyl groups excluding tert-OH is 1. The molecule has 0 bridgehead atoms. The van der Waals surface area contributed by atoms with Crippen LogP contribution in [0.15, 0.2) is 24.3 Å². The summed E-state index contributed by atoms with van der Waals surface area (Å²) in [7, 11) is 0. The molecule has 2 unspecified atom stereocenters. The van der Waals surface area contributed by atoms with E-state index in [0.29, 0.717) is 12.0 Å². The van der Waals surface area contributed by atoms with Gasteiger partial charge in [-0.25, -0.2) is 0 Å². The van der Waals surface area contributed by atoms with Gasteiger partial charge in [0.25, 0.3) is 0 Å². The van der Waals surface area contributed by atoms with Crippen molar-refractivity contribution < 1.29 is 9.84 Å².